The van der Waals surface area contributed by atoms with Crippen LogP contribution in [0.3, 0.4) is 0 Å². The largest absolute Gasteiger partial charge is 0.393 e. The Morgan fingerprint density at radius 1 is 0.474 bits per heavy atom. The Kier molecular flexibility index (Phi) is 23.6. The van der Waals surface area contributed by atoms with Gasteiger partial charge in [-0.3, -0.25) is 48.6 Å². The highest BCUT2D eigenvalue weighted by Gasteiger charge is 2.26. The monoisotopic (exact) mass is 1320 g/mol. The second-order valence-corrected chi connectivity index (χ2v) is 23.9. The molecule has 12 rings (SSSR count). The number of likely N-dealkylation sites (N-methyl/N-ethyl adjacent to an activating group) is 1. The quantitative estimate of drug-likeness (QED) is 0.0598. The number of carbonyl (C=O) groups excluding carboxylic acids is 6. The Labute approximate surface area is 579 Å². The maximum atomic E-state index is 13.1. The van der Waals surface area contributed by atoms with Crippen molar-refractivity contribution in [1.29, 1.82) is 0 Å². The zero-order valence-electron chi connectivity index (χ0n) is 54.8. The number of aliphatic hydroxyl groups is 1. The summed E-state index contributed by atoms with van der Waals surface area (Å²) in [6.45, 7) is 12.2. The third-order valence-electron chi connectivity index (χ3n) is 16.9. The lowest BCUT2D eigenvalue weighted by molar-refractivity contribution is 0.0638. The molecule has 514 valence electrons. The summed E-state index contributed by atoms with van der Waals surface area (Å²) in [5.74, 6) is 1.53. The number of piperazine rings is 2. The lowest BCUT2D eigenvalue weighted by Crippen LogP contribution is -2.48. The summed E-state index contributed by atoms with van der Waals surface area (Å²) in [6, 6.07) is 49.5. The van der Waals surface area contributed by atoms with Crippen molar-refractivity contribution in [3.63, 3.8) is 0 Å². The summed E-state index contributed by atoms with van der Waals surface area (Å²) in [6.07, 6.45) is 13.6. The SMILES string of the molecule is C#CCCN1CCN(C(=O)c2cccc(-c3cnc(C)c(C(=O)Nc4ccccc4)n3)c2)CC1.Cc1ncc(-c2cccc(C(=O)N3CCN(C)CC3)c2)nc1C(=O)Nc1ccccc1.Cc1ncc(-c2cccc(C(=O)NC3CCC(O)CC3)c2)nc1C(=O)Nc1ccccc1.[HH].[HH].[HH].[HH].[HH].[HH].[HH].[HH].[HH].[HH]. The van der Waals surface area contributed by atoms with E-state index in [1.165, 1.54) is 0 Å². The fourth-order valence-electron chi connectivity index (χ4n) is 11.2. The summed E-state index contributed by atoms with van der Waals surface area (Å²) < 4.78 is 0. The first-order chi connectivity index (χ1) is 47.0. The fraction of sp³-hybridized carbons (Fsp3) is 0.263. The first-order valence-electron chi connectivity index (χ1n) is 32.4. The van der Waals surface area contributed by atoms with E-state index in [9.17, 15) is 33.9 Å². The van der Waals surface area contributed by atoms with Crippen molar-refractivity contribution >= 4 is 52.5 Å². The molecule has 0 unspecified atom stereocenters. The van der Waals surface area contributed by atoms with Crippen molar-refractivity contribution < 1.29 is 48.1 Å². The predicted octanol–water partition coefficient (Wildman–Crippen LogP) is 12.8. The molecule has 6 aromatic carbocycles. The molecule has 3 aromatic heterocycles. The van der Waals surface area contributed by atoms with Crippen molar-refractivity contribution in [2.45, 2.75) is 65.0 Å². The van der Waals surface area contributed by atoms with Gasteiger partial charge in [-0.2, -0.15) is 0 Å². The van der Waals surface area contributed by atoms with Gasteiger partial charge < -0.3 is 41.1 Å². The van der Waals surface area contributed by atoms with Crippen LogP contribution in [0, 0.1) is 33.1 Å². The zero-order chi connectivity index (χ0) is 68.2. The zero-order valence-corrected chi connectivity index (χ0v) is 54.8. The number of aromatic nitrogens is 6. The summed E-state index contributed by atoms with van der Waals surface area (Å²) in [4.78, 5) is 112. The Bertz CT molecular complexity index is 4330. The Morgan fingerprint density at radius 2 is 0.835 bits per heavy atom. The minimum absolute atomic E-state index is 0. The van der Waals surface area contributed by atoms with Crippen molar-refractivity contribution in [3.8, 4) is 46.1 Å². The third kappa shape index (κ3) is 18.8. The molecule has 2 aliphatic heterocycles. The molecule has 0 bridgehead atoms. The standard InChI is InChI=1S/C27H27N5O2.C25H26N4O3.C24H25N5O2.10H2/c1-3-4-13-31-14-16-32(17-15-31)27(34)22-10-8-9-21(18-22)24-19-28-20(2)25(30-24)26(33)29-23-11-6-5-7-12-23;1-16-23(25(32)28-19-8-3-2-4-9-19)29-22(15-26-16)17-6-5-7-18(14-17)24(31)27-20-10-12-21(30)13-11-20;1-17-22(23(30)26-20-9-4-3-5-10-20)27-21(16-25-17)18-7-6-8-19(15-18)24(31)29-13-11-28(2)12-14-29;;;;;;;;;;/h1,5-12,18-19H,4,13-17H2,2H3,(H,29,33);2-9,14-15,20-21,30H,10-13H2,1H3,(H,27,31)(H,28,32);3-10,15-16H,11-14H2,1-2H3,(H,26,30);10*1H. The van der Waals surface area contributed by atoms with Gasteiger partial charge in [-0.25, -0.2) is 15.0 Å². The van der Waals surface area contributed by atoms with Gasteiger partial charge in [0.25, 0.3) is 35.4 Å². The van der Waals surface area contributed by atoms with Crippen molar-refractivity contribution in [1.82, 2.24) is 54.8 Å². The van der Waals surface area contributed by atoms with E-state index in [1.807, 2.05) is 137 Å². The number of aliphatic hydroxyl groups excluding tert-OH is 1. The molecule has 3 fully saturated rings. The van der Waals surface area contributed by atoms with Crippen LogP contribution in [0.2, 0.25) is 0 Å². The lowest BCUT2D eigenvalue weighted by atomic mass is 9.93. The number of para-hydroxylation sites is 3. The van der Waals surface area contributed by atoms with Crippen LogP contribution in [-0.4, -0.2) is 168 Å². The van der Waals surface area contributed by atoms with Gasteiger partial charge >= 0.3 is 0 Å². The van der Waals surface area contributed by atoms with Gasteiger partial charge in [0.05, 0.1) is 58.9 Å². The van der Waals surface area contributed by atoms with Gasteiger partial charge in [0.2, 0.25) is 0 Å². The second kappa shape index (κ2) is 33.3. The van der Waals surface area contributed by atoms with E-state index in [0.29, 0.717) is 113 Å². The Hall–Kier alpha value is -11.2. The molecule has 6 amide bonds. The number of nitrogens with zero attached hydrogens (tertiary/aromatic N) is 10. The number of terminal acetylenes is 1. The van der Waals surface area contributed by atoms with E-state index >= 15 is 0 Å². The van der Waals surface area contributed by atoms with Gasteiger partial charge in [0.15, 0.2) is 0 Å². The number of amides is 6. The number of hydrogen-bond donors (Lipinski definition) is 5. The number of benzene rings is 6. The van der Waals surface area contributed by atoms with Gasteiger partial charge in [-0.1, -0.05) is 91.0 Å². The van der Waals surface area contributed by atoms with Crippen LogP contribution in [0.25, 0.3) is 33.8 Å². The molecule has 1 saturated carbocycles. The number of nitrogens with one attached hydrogen (secondary N) is 4. The number of rotatable bonds is 15. The highest BCUT2D eigenvalue weighted by Crippen LogP contribution is 2.26. The van der Waals surface area contributed by atoms with Crippen LogP contribution >= 0.6 is 0 Å². The number of hydrogen-bond acceptors (Lipinski definition) is 15. The van der Waals surface area contributed by atoms with E-state index in [2.05, 4.69) is 73.9 Å². The highest BCUT2D eigenvalue weighted by molar-refractivity contribution is 6.06. The van der Waals surface area contributed by atoms with E-state index in [-0.39, 0.29) is 78.9 Å². The molecule has 21 nitrogen and oxygen atoms in total. The molecule has 2 saturated heterocycles. The van der Waals surface area contributed by atoms with Crippen LogP contribution in [0.15, 0.2) is 182 Å². The summed E-state index contributed by atoms with van der Waals surface area (Å²) >= 11 is 0. The molecule has 1 aliphatic carbocycles. The van der Waals surface area contributed by atoms with Gasteiger partial charge in [-0.05, 0) is 126 Å². The molecule has 5 N–H and O–H groups in total. The summed E-state index contributed by atoms with van der Waals surface area (Å²) in [5, 5.41) is 21.2. The molecular formula is C76H98N14O7. The molecule has 3 aliphatic rings. The number of anilines is 3. The van der Waals surface area contributed by atoms with Crippen molar-refractivity contribution in [2.75, 3.05) is 81.9 Å². The Balaban J connectivity index is 0.00000151. The predicted molar refractivity (Wildman–Crippen MR) is 396 cm³/mol. The van der Waals surface area contributed by atoms with Crippen LogP contribution in [0.1, 0.15) is 126 Å². The third-order valence-corrected chi connectivity index (χ3v) is 16.9. The second-order valence-electron chi connectivity index (χ2n) is 23.9. The van der Waals surface area contributed by atoms with Crippen LogP contribution < -0.4 is 21.3 Å². The Morgan fingerprint density at radius 3 is 1.22 bits per heavy atom. The maximum absolute atomic E-state index is 13.1. The highest BCUT2D eigenvalue weighted by atomic mass is 16.3. The van der Waals surface area contributed by atoms with E-state index in [4.69, 9.17) is 6.42 Å². The summed E-state index contributed by atoms with van der Waals surface area (Å²) in [7, 11) is 2.06. The fourth-order valence-corrected chi connectivity index (χ4v) is 11.2. The minimum atomic E-state index is -0.337. The normalized spacial score (nSPS) is 15.4. The number of carbonyl (C=O) groups is 6. The molecule has 21 heteroatoms. The summed E-state index contributed by atoms with van der Waals surface area (Å²) in [5.41, 5.74) is 9.93. The van der Waals surface area contributed by atoms with Crippen molar-refractivity contribution in [3.05, 3.63) is 233 Å². The molecule has 9 aromatic rings. The van der Waals surface area contributed by atoms with Gasteiger partial charge in [-0.15, -0.1) is 12.3 Å². The molecule has 5 heterocycles. The van der Waals surface area contributed by atoms with E-state index in [1.54, 1.807) is 75.8 Å². The average molecular weight is 1320 g/mol. The van der Waals surface area contributed by atoms with Crippen LogP contribution in [0.5, 0.6) is 0 Å². The molecule has 0 atom stereocenters. The van der Waals surface area contributed by atoms with Crippen LogP contribution in [-0.2, 0) is 0 Å². The number of aryl methyl sites for hydroxylation is 3. The minimum Gasteiger partial charge on any atom is -0.393 e. The average Bonchev–Trinajstić information content (AvgIpc) is 0.820. The molecular weight excluding hydrogens is 1220 g/mol. The first kappa shape index (κ1) is 68.7. The first-order valence-corrected chi connectivity index (χ1v) is 32.4. The van der Waals surface area contributed by atoms with E-state index in [0.717, 1.165) is 63.1 Å². The van der Waals surface area contributed by atoms with Crippen molar-refractivity contribution in [2.24, 2.45) is 0 Å². The molecule has 0 radical (unpaired) electrons. The molecule has 97 heavy (non-hydrogen) atoms. The lowest BCUT2D eigenvalue weighted by Gasteiger charge is -2.34. The van der Waals surface area contributed by atoms with Crippen LogP contribution in [0.4, 0.5) is 17.1 Å². The van der Waals surface area contributed by atoms with Gasteiger partial charge in [0.1, 0.15) is 17.1 Å². The maximum Gasteiger partial charge on any atom is 0.276 e. The van der Waals surface area contributed by atoms with E-state index < -0.39 is 0 Å². The molecule has 0 spiro atoms. The van der Waals surface area contributed by atoms with Gasteiger partial charge in [0, 0.05) is 136 Å². The smallest absolute Gasteiger partial charge is 0.276 e. The topological polar surface area (TPSA) is 261 Å².